The number of nitrogens with one attached hydrogen (secondary N) is 1. The van der Waals surface area contributed by atoms with Crippen LogP contribution >= 0.6 is 11.6 Å². The number of rotatable bonds is 5. The molecule has 1 aromatic carbocycles. The van der Waals surface area contributed by atoms with Gasteiger partial charge in [-0.1, -0.05) is 11.6 Å². The van der Waals surface area contributed by atoms with Crippen LogP contribution in [0.5, 0.6) is 0 Å². The Labute approximate surface area is 103 Å². The molecule has 3 N–H and O–H groups in total. The van der Waals surface area contributed by atoms with Crippen molar-refractivity contribution in [3.8, 4) is 0 Å². The Morgan fingerprint density at radius 1 is 1.47 bits per heavy atom. The molecule has 1 unspecified atom stereocenters. The molecule has 0 saturated heterocycles. The molecule has 96 valence electrons. The molecular weight excluding hydrogens is 273 g/mol. The molecule has 0 amide bonds. The maximum atomic E-state index is 12.7. The highest BCUT2D eigenvalue weighted by Gasteiger charge is 2.19. The monoisotopic (exact) mass is 283 g/mol. The zero-order chi connectivity index (χ0) is 13.1. The maximum absolute atomic E-state index is 12.7. The minimum Gasteiger partial charge on any atom is -0.394 e. The van der Waals surface area contributed by atoms with Gasteiger partial charge in [-0.2, -0.15) is 0 Å². The molecule has 0 radical (unpaired) electrons. The van der Waals surface area contributed by atoms with Crippen LogP contribution < -0.4 is 4.72 Å². The van der Waals surface area contributed by atoms with Gasteiger partial charge < -0.3 is 10.2 Å². The van der Waals surface area contributed by atoms with Crippen LogP contribution in [-0.4, -0.2) is 37.9 Å². The summed E-state index contributed by atoms with van der Waals surface area (Å²) in [5.41, 5.74) is 0. The molecule has 17 heavy (non-hydrogen) atoms. The van der Waals surface area contributed by atoms with E-state index in [0.29, 0.717) is 0 Å². The summed E-state index contributed by atoms with van der Waals surface area (Å²) < 4.78 is 38.1. The zero-order valence-corrected chi connectivity index (χ0v) is 10.2. The number of aliphatic hydroxyl groups is 2. The fourth-order valence-electron chi connectivity index (χ4n) is 1.04. The Morgan fingerprint density at radius 3 is 2.65 bits per heavy atom. The van der Waals surface area contributed by atoms with E-state index >= 15 is 0 Å². The van der Waals surface area contributed by atoms with Gasteiger partial charge in [0.25, 0.3) is 0 Å². The summed E-state index contributed by atoms with van der Waals surface area (Å²) in [7, 11) is -3.93. The van der Waals surface area contributed by atoms with Gasteiger partial charge in [-0.3, -0.25) is 0 Å². The summed E-state index contributed by atoms with van der Waals surface area (Å²) in [6.45, 7) is -0.924. The Balaban J connectivity index is 2.90. The van der Waals surface area contributed by atoms with Crippen LogP contribution in [0.2, 0.25) is 5.02 Å². The van der Waals surface area contributed by atoms with Crippen molar-refractivity contribution in [2.24, 2.45) is 0 Å². The Hall–Kier alpha value is -0.730. The first-order valence-corrected chi connectivity index (χ1v) is 6.46. The summed E-state index contributed by atoms with van der Waals surface area (Å²) in [5.74, 6) is -0.649. The molecule has 0 aliphatic heterocycles. The van der Waals surface area contributed by atoms with Crippen LogP contribution in [0.4, 0.5) is 4.39 Å². The molecule has 0 saturated carbocycles. The summed E-state index contributed by atoms with van der Waals surface area (Å²) in [6, 6.07) is 2.85. The van der Waals surface area contributed by atoms with Crippen molar-refractivity contribution in [1.29, 1.82) is 0 Å². The number of benzene rings is 1. The third-order valence-corrected chi connectivity index (χ3v) is 3.81. The van der Waals surface area contributed by atoms with Crippen LogP contribution in [0, 0.1) is 5.82 Å². The van der Waals surface area contributed by atoms with E-state index in [1.807, 2.05) is 4.72 Å². The van der Waals surface area contributed by atoms with Gasteiger partial charge in [-0.15, -0.1) is 0 Å². The van der Waals surface area contributed by atoms with E-state index < -0.39 is 28.6 Å². The third kappa shape index (κ3) is 3.90. The Kier molecular flexibility index (Phi) is 4.84. The minimum absolute atomic E-state index is 0.254. The molecule has 0 aliphatic carbocycles. The molecule has 8 heteroatoms. The van der Waals surface area contributed by atoms with Crippen LogP contribution in [-0.2, 0) is 10.0 Å². The lowest BCUT2D eigenvalue weighted by Gasteiger charge is -2.10. The fraction of sp³-hybridized carbons (Fsp3) is 0.333. The van der Waals surface area contributed by atoms with Crippen molar-refractivity contribution in [2.75, 3.05) is 13.2 Å². The largest absolute Gasteiger partial charge is 0.394 e. The van der Waals surface area contributed by atoms with Crippen molar-refractivity contribution in [3.05, 3.63) is 29.0 Å². The van der Waals surface area contributed by atoms with Crippen molar-refractivity contribution in [3.63, 3.8) is 0 Å². The lowest BCUT2D eigenvalue weighted by Crippen LogP contribution is -2.34. The van der Waals surface area contributed by atoms with E-state index in [2.05, 4.69) is 0 Å². The van der Waals surface area contributed by atoms with Crippen LogP contribution in [0.25, 0.3) is 0 Å². The molecular formula is C9H11ClFNO4S. The maximum Gasteiger partial charge on any atom is 0.242 e. The van der Waals surface area contributed by atoms with Crippen LogP contribution in [0.15, 0.2) is 23.1 Å². The molecule has 0 bridgehead atoms. The van der Waals surface area contributed by atoms with E-state index in [9.17, 15) is 12.8 Å². The molecule has 1 rings (SSSR count). The molecule has 0 spiro atoms. The first-order valence-electron chi connectivity index (χ1n) is 4.60. The number of sulfonamides is 1. The lowest BCUT2D eigenvalue weighted by molar-refractivity contribution is 0.0988. The summed E-state index contributed by atoms with van der Waals surface area (Å²) in [5, 5.41) is 17.3. The second-order valence-corrected chi connectivity index (χ2v) is 5.41. The van der Waals surface area contributed by atoms with Crippen molar-refractivity contribution in [2.45, 2.75) is 11.0 Å². The topological polar surface area (TPSA) is 86.6 Å². The van der Waals surface area contributed by atoms with E-state index in [0.717, 1.165) is 18.2 Å². The van der Waals surface area contributed by atoms with Crippen LogP contribution in [0.3, 0.4) is 0 Å². The minimum atomic E-state index is -3.93. The van der Waals surface area contributed by atoms with Gasteiger partial charge in [0.05, 0.1) is 17.7 Å². The van der Waals surface area contributed by atoms with Crippen molar-refractivity contribution < 1.29 is 23.0 Å². The van der Waals surface area contributed by atoms with Gasteiger partial charge in [0.1, 0.15) is 10.7 Å². The highest BCUT2D eigenvalue weighted by atomic mass is 35.5. The normalized spacial score (nSPS) is 13.6. The van der Waals surface area contributed by atoms with Crippen molar-refractivity contribution >= 4 is 21.6 Å². The quantitative estimate of drug-likeness (QED) is 0.716. The van der Waals surface area contributed by atoms with Crippen molar-refractivity contribution in [1.82, 2.24) is 4.72 Å². The highest BCUT2D eigenvalue weighted by molar-refractivity contribution is 7.89. The smallest absolute Gasteiger partial charge is 0.242 e. The average molecular weight is 284 g/mol. The van der Waals surface area contributed by atoms with Gasteiger partial charge in [0.15, 0.2) is 0 Å². The summed E-state index contributed by atoms with van der Waals surface area (Å²) >= 11 is 5.59. The molecule has 1 aromatic rings. The first-order chi connectivity index (χ1) is 7.86. The van der Waals surface area contributed by atoms with Crippen LogP contribution in [0.1, 0.15) is 0 Å². The Morgan fingerprint density at radius 2 is 2.12 bits per heavy atom. The predicted octanol–water partition coefficient (Wildman–Crippen LogP) is 0.111. The summed E-state index contributed by atoms with van der Waals surface area (Å²) in [6.07, 6.45) is -1.20. The van der Waals surface area contributed by atoms with Gasteiger partial charge in [-0.25, -0.2) is 17.5 Å². The Bertz CT molecular complexity index is 494. The van der Waals surface area contributed by atoms with Gasteiger partial charge >= 0.3 is 0 Å². The second-order valence-electron chi connectivity index (χ2n) is 3.26. The highest BCUT2D eigenvalue weighted by Crippen LogP contribution is 2.21. The molecule has 5 nitrogen and oxygen atoms in total. The van der Waals surface area contributed by atoms with Gasteiger partial charge in [-0.05, 0) is 18.2 Å². The van der Waals surface area contributed by atoms with Gasteiger partial charge in [0.2, 0.25) is 10.0 Å². The standard InChI is InChI=1S/C9H11ClFNO4S/c10-8-3-6(11)1-2-9(8)17(15,16)12-4-7(14)5-13/h1-3,7,12-14H,4-5H2. The number of hydrogen-bond acceptors (Lipinski definition) is 4. The summed E-state index contributed by atoms with van der Waals surface area (Å²) in [4.78, 5) is -0.286. The lowest BCUT2D eigenvalue weighted by atomic mass is 10.3. The number of aliphatic hydroxyl groups excluding tert-OH is 2. The van der Waals surface area contributed by atoms with E-state index in [1.165, 1.54) is 0 Å². The van der Waals surface area contributed by atoms with Gasteiger partial charge in [0, 0.05) is 6.54 Å². The molecule has 1 atom stereocenters. The molecule has 0 aromatic heterocycles. The predicted molar refractivity (Wildman–Crippen MR) is 59.7 cm³/mol. The molecule has 0 aliphatic rings. The average Bonchev–Trinajstić information content (AvgIpc) is 2.25. The number of hydrogen-bond donors (Lipinski definition) is 3. The first kappa shape index (κ1) is 14.3. The fourth-order valence-corrected chi connectivity index (χ4v) is 2.64. The molecule has 0 fully saturated rings. The van der Waals surface area contributed by atoms with E-state index in [-0.39, 0.29) is 16.5 Å². The second kappa shape index (κ2) is 5.74. The molecule has 0 heterocycles. The number of halogens is 2. The SMILES string of the molecule is O=S(=O)(NCC(O)CO)c1ccc(F)cc1Cl. The third-order valence-electron chi connectivity index (χ3n) is 1.90. The van der Waals surface area contributed by atoms with E-state index in [1.54, 1.807) is 0 Å². The zero-order valence-electron chi connectivity index (χ0n) is 8.60. The van der Waals surface area contributed by atoms with E-state index in [4.69, 9.17) is 21.8 Å².